The molecule has 0 aliphatic rings. The molecule has 1 unspecified atom stereocenters. The molecule has 0 radical (unpaired) electrons. The predicted molar refractivity (Wildman–Crippen MR) is 57.9 cm³/mol. The maximum atomic E-state index is 5.72. The number of aryl methyl sites for hydroxylation is 1. The molecule has 0 aromatic carbocycles. The topological polar surface area (TPSA) is 47.1 Å². The second kappa shape index (κ2) is 5.12. The maximum absolute atomic E-state index is 5.72. The van der Waals surface area contributed by atoms with Crippen molar-refractivity contribution in [2.75, 3.05) is 13.6 Å². The second-order valence-electron chi connectivity index (χ2n) is 3.88. The molecule has 14 heavy (non-hydrogen) atoms. The van der Waals surface area contributed by atoms with Crippen LogP contribution in [0.3, 0.4) is 0 Å². The third-order valence-electron chi connectivity index (χ3n) is 2.06. The highest BCUT2D eigenvalue weighted by molar-refractivity contribution is 5.03. The lowest BCUT2D eigenvalue weighted by Gasteiger charge is -2.17. The van der Waals surface area contributed by atoms with Crippen molar-refractivity contribution in [3.05, 3.63) is 18.0 Å². The van der Waals surface area contributed by atoms with Gasteiger partial charge in [-0.15, -0.1) is 0 Å². The number of hydrogen-bond acceptors (Lipinski definition) is 3. The molecule has 1 heterocycles. The highest BCUT2D eigenvalue weighted by Crippen LogP contribution is 2.02. The monoisotopic (exact) mass is 196 g/mol. The van der Waals surface area contributed by atoms with Crippen LogP contribution in [0.4, 0.5) is 0 Å². The number of likely N-dealkylation sites (N-methyl/N-ethyl adjacent to an activating group) is 1. The minimum atomic E-state index is 0.223. The van der Waals surface area contributed by atoms with Gasteiger partial charge in [0.15, 0.2) is 0 Å². The fourth-order valence-corrected chi connectivity index (χ4v) is 1.53. The highest BCUT2D eigenvalue weighted by Gasteiger charge is 2.04. The van der Waals surface area contributed by atoms with Crippen molar-refractivity contribution in [3.8, 4) is 0 Å². The Morgan fingerprint density at radius 3 is 2.86 bits per heavy atom. The van der Waals surface area contributed by atoms with Crippen molar-refractivity contribution < 1.29 is 0 Å². The third-order valence-corrected chi connectivity index (χ3v) is 2.06. The van der Waals surface area contributed by atoms with Crippen LogP contribution < -0.4 is 5.73 Å². The van der Waals surface area contributed by atoms with Crippen LogP contribution in [0.25, 0.3) is 0 Å². The smallest absolute Gasteiger partial charge is 0.0534 e. The van der Waals surface area contributed by atoms with E-state index in [4.69, 9.17) is 5.73 Å². The zero-order valence-corrected chi connectivity index (χ0v) is 9.27. The van der Waals surface area contributed by atoms with Gasteiger partial charge in [-0.2, -0.15) is 5.10 Å². The van der Waals surface area contributed by atoms with Crippen LogP contribution in [0.1, 0.15) is 19.4 Å². The maximum Gasteiger partial charge on any atom is 0.0534 e. The Bertz CT molecular complexity index is 267. The molecule has 80 valence electrons. The molecule has 1 aromatic heterocycles. The Balaban J connectivity index is 2.43. The van der Waals surface area contributed by atoms with Crippen molar-refractivity contribution in [2.45, 2.75) is 33.0 Å². The first kappa shape index (κ1) is 11.2. The van der Waals surface area contributed by atoms with Gasteiger partial charge in [-0.25, -0.2) is 0 Å². The highest BCUT2D eigenvalue weighted by atomic mass is 15.3. The van der Waals surface area contributed by atoms with Crippen LogP contribution in [0.15, 0.2) is 12.4 Å². The van der Waals surface area contributed by atoms with Gasteiger partial charge in [-0.3, -0.25) is 4.68 Å². The van der Waals surface area contributed by atoms with Crippen LogP contribution in [0.2, 0.25) is 0 Å². The average molecular weight is 196 g/mol. The number of aromatic nitrogens is 2. The summed E-state index contributed by atoms with van der Waals surface area (Å²) >= 11 is 0. The molecule has 0 aliphatic heterocycles. The lowest BCUT2D eigenvalue weighted by molar-refractivity contribution is 0.310. The van der Waals surface area contributed by atoms with Gasteiger partial charge in [0.2, 0.25) is 0 Å². The summed E-state index contributed by atoms with van der Waals surface area (Å²) < 4.78 is 1.94. The SMILES string of the molecule is CCn1cc(CN(C)CC(C)N)cn1. The van der Waals surface area contributed by atoms with Crippen molar-refractivity contribution >= 4 is 0 Å². The van der Waals surface area contributed by atoms with Gasteiger partial charge in [0.1, 0.15) is 0 Å². The van der Waals surface area contributed by atoms with Gasteiger partial charge in [0.25, 0.3) is 0 Å². The Morgan fingerprint density at radius 2 is 2.36 bits per heavy atom. The molecule has 1 aromatic rings. The molecule has 2 N–H and O–H groups in total. The summed E-state index contributed by atoms with van der Waals surface area (Å²) in [5, 5.41) is 4.23. The predicted octanol–water partition coefficient (Wildman–Crippen LogP) is 0.682. The zero-order chi connectivity index (χ0) is 10.6. The van der Waals surface area contributed by atoms with Gasteiger partial charge in [0.05, 0.1) is 6.20 Å². The first-order chi connectivity index (χ1) is 6.61. The van der Waals surface area contributed by atoms with Crippen molar-refractivity contribution in [2.24, 2.45) is 5.73 Å². The van der Waals surface area contributed by atoms with E-state index in [9.17, 15) is 0 Å². The molecule has 0 amide bonds. The first-order valence-corrected chi connectivity index (χ1v) is 5.07. The largest absolute Gasteiger partial charge is 0.327 e. The molecule has 1 rings (SSSR count). The van der Waals surface area contributed by atoms with Crippen LogP contribution in [-0.4, -0.2) is 34.3 Å². The molecular weight excluding hydrogens is 176 g/mol. The van der Waals surface area contributed by atoms with E-state index in [0.29, 0.717) is 0 Å². The Morgan fingerprint density at radius 1 is 1.64 bits per heavy atom. The summed E-state index contributed by atoms with van der Waals surface area (Å²) in [5.74, 6) is 0. The van der Waals surface area contributed by atoms with E-state index in [0.717, 1.165) is 19.6 Å². The van der Waals surface area contributed by atoms with Crippen LogP contribution in [-0.2, 0) is 13.1 Å². The number of nitrogens with zero attached hydrogens (tertiary/aromatic N) is 3. The number of rotatable bonds is 5. The standard InChI is InChI=1S/C10H20N4/c1-4-14-8-10(5-12-14)7-13(3)6-9(2)11/h5,8-9H,4,6-7,11H2,1-3H3. The lowest BCUT2D eigenvalue weighted by Crippen LogP contribution is -2.32. The number of nitrogens with two attached hydrogens (primary N) is 1. The minimum absolute atomic E-state index is 0.223. The normalized spacial score (nSPS) is 13.5. The molecule has 0 fully saturated rings. The Kier molecular flexibility index (Phi) is 4.10. The van der Waals surface area contributed by atoms with E-state index in [1.807, 2.05) is 17.8 Å². The lowest BCUT2D eigenvalue weighted by atomic mass is 10.3. The summed E-state index contributed by atoms with van der Waals surface area (Å²) in [4.78, 5) is 2.21. The summed E-state index contributed by atoms with van der Waals surface area (Å²) in [6.07, 6.45) is 4.00. The summed E-state index contributed by atoms with van der Waals surface area (Å²) in [6, 6.07) is 0.223. The van der Waals surface area contributed by atoms with Crippen LogP contribution in [0, 0.1) is 0 Å². The van der Waals surface area contributed by atoms with E-state index in [1.54, 1.807) is 0 Å². The van der Waals surface area contributed by atoms with Crippen molar-refractivity contribution in [1.29, 1.82) is 0 Å². The molecule has 1 atom stereocenters. The van der Waals surface area contributed by atoms with Gasteiger partial charge < -0.3 is 10.6 Å². The third kappa shape index (κ3) is 3.47. The van der Waals surface area contributed by atoms with Gasteiger partial charge in [0, 0.05) is 37.4 Å². The second-order valence-corrected chi connectivity index (χ2v) is 3.88. The quantitative estimate of drug-likeness (QED) is 0.753. The molecule has 0 bridgehead atoms. The van der Waals surface area contributed by atoms with Crippen LogP contribution >= 0.6 is 0 Å². The fraction of sp³-hybridized carbons (Fsp3) is 0.700. The zero-order valence-electron chi connectivity index (χ0n) is 9.27. The summed E-state index contributed by atoms with van der Waals surface area (Å²) in [7, 11) is 2.08. The van der Waals surface area contributed by atoms with E-state index >= 15 is 0 Å². The molecule has 0 aliphatic carbocycles. The molecule has 4 heteroatoms. The van der Waals surface area contributed by atoms with Gasteiger partial charge in [-0.1, -0.05) is 0 Å². The summed E-state index contributed by atoms with van der Waals surface area (Å²) in [5.41, 5.74) is 6.96. The average Bonchev–Trinajstić information content (AvgIpc) is 2.50. The molecular formula is C10H20N4. The van der Waals surface area contributed by atoms with Gasteiger partial charge >= 0.3 is 0 Å². The van der Waals surface area contributed by atoms with E-state index < -0.39 is 0 Å². The van der Waals surface area contributed by atoms with E-state index in [1.165, 1.54) is 5.56 Å². The Labute approximate surface area is 85.7 Å². The Hall–Kier alpha value is -0.870. The molecule has 0 spiro atoms. The summed E-state index contributed by atoms with van der Waals surface area (Å²) in [6.45, 7) is 6.87. The van der Waals surface area contributed by atoms with Crippen LogP contribution in [0.5, 0.6) is 0 Å². The van der Waals surface area contributed by atoms with Gasteiger partial charge in [-0.05, 0) is 20.9 Å². The van der Waals surface area contributed by atoms with E-state index in [-0.39, 0.29) is 6.04 Å². The van der Waals surface area contributed by atoms with Crippen molar-refractivity contribution in [3.63, 3.8) is 0 Å². The molecule has 4 nitrogen and oxygen atoms in total. The molecule has 0 saturated heterocycles. The first-order valence-electron chi connectivity index (χ1n) is 5.07. The fourth-order valence-electron chi connectivity index (χ4n) is 1.53. The van der Waals surface area contributed by atoms with Crippen molar-refractivity contribution in [1.82, 2.24) is 14.7 Å². The molecule has 0 saturated carbocycles. The van der Waals surface area contributed by atoms with E-state index in [2.05, 4.69) is 30.2 Å². The minimum Gasteiger partial charge on any atom is -0.327 e. The number of hydrogen-bond donors (Lipinski definition) is 1.